The van der Waals surface area contributed by atoms with Crippen LogP contribution in [-0.2, 0) is 0 Å². The van der Waals surface area contributed by atoms with Crippen LogP contribution in [0, 0.1) is 13.8 Å². The fourth-order valence-corrected chi connectivity index (χ4v) is 1.60. The van der Waals surface area contributed by atoms with Crippen molar-refractivity contribution in [3.8, 4) is 11.3 Å². The maximum Gasteiger partial charge on any atom is 0.215 e. The van der Waals surface area contributed by atoms with Crippen molar-refractivity contribution in [2.45, 2.75) is 13.8 Å². The minimum Gasteiger partial charge on any atom is -0.327 e. The lowest BCUT2D eigenvalue weighted by molar-refractivity contribution is 1.18. The number of hydrogen-bond donors (Lipinski definition) is 3. The van der Waals surface area contributed by atoms with Gasteiger partial charge in [0.15, 0.2) is 0 Å². The fourth-order valence-electron chi connectivity index (χ4n) is 1.60. The highest BCUT2D eigenvalue weighted by molar-refractivity contribution is 5.64. The van der Waals surface area contributed by atoms with Gasteiger partial charge in [-0.05, 0) is 19.9 Å². The summed E-state index contributed by atoms with van der Waals surface area (Å²) >= 11 is 0. The number of aromatic amines is 1. The van der Waals surface area contributed by atoms with Crippen LogP contribution in [0.4, 0.5) is 5.95 Å². The number of benzene rings is 1. The topological polar surface area (TPSA) is 66.7 Å². The van der Waals surface area contributed by atoms with E-state index < -0.39 is 0 Å². The molecule has 0 radical (unpaired) electrons. The first kappa shape index (κ1) is 9.73. The Morgan fingerprint density at radius 1 is 1.33 bits per heavy atom. The Kier molecular flexibility index (Phi) is 2.43. The van der Waals surface area contributed by atoms with Crippen molar-refractivity contribution in [2.75, 3.05) is 5.43 Å². The number of H-pyrrole nitrogens is 1. The molecule has 2 rings (SSSR count). The lowest BCUT2D eigenvalue weighted by atomic mass is 10.1. The van der Waals surface area contributed by atoms with Gasteiger partial charge in [-0.3, -0.25) is 5.43 Å². The smallest absolute Gasteiger partial charge is 0.215 e. The number of aromatic nitrogens is 2. The van der Waals surface area contributed by atoms with Crippen molar-refractivity contribution in [3.05, 3.63) is 35.5 Å². The Morgan fingerprint density at radius 2 is 2.13 bits per heavy atom. The Hall–Kier alpha value is -1.81. The van der Waals surface area contributed by atoms with Crippen LogP contribution in [0.5, 0.6) is 0 Å². The van der Waals surface area contributed by atoms with E-state index in [4.69, 9.17) is 5.84 Å². The van der Waals surface area contributed by atoms with Crippen LogP contribution in [0.2, 0.25) is 0 Å². The molecular weight excluding hydrogens is 188 g/mol. The molecule has 4 heteroatoms. The van der Waals surface area contributed by atoms with Crippen molar-refractivity contribution >= 4 is 5.95 Å². The van der Waals surface area contributed by atoms with E-state index in [1.165, 1.54) is 5.56 Å². The SMILES string of the molecule is Cc1cccc(-c2nc(NN)[nH]c2C)c1. The number of nitrogens with one attached hydrogen (secondary N) is 2. The lowest BCUT2D eigenvalue weighted by Crippen LogP contribution is -2.07. The first-order chi connectivity index (χ1) is 7.20. The second-order valence-corrected chi connectivity index (χ2v) is 3.57. The highest BCUT2D eigenvalue weighted by atomic mass is 15.3. The number of hydrazine groups is 1. The summed E-state index contributed by atoms with van der Waals surface area (Å²) in [4.78, 5) is 7.41. The van der Waals surface area contributed by atoms with E-state index in [-0.39, 0.29) is 0 Å². The molecule has 0 fully saturated rings. The largest absolute Gasteiger partial charge is 0.327 e. The van der Waals surface area contributed by atoms with Crippen molar-refractivity contribution < 1.29 is 0 Å². The molecule has 0 bridgehead atoms. The molecule has 2 aromatic rings. The quantitative estimate of drug-likeness (QED) is 0.515. The number of hydrogen-bond acceptors (Lipinski definition) is 3. The number of imidazole rings is 1. The van der Waals surface area contributed by atoms with E-state index >= 15 is 0 Å². The summed E-state index contributed by atoms with van der Waals surface area (Å²) in [6, 6.07) is 8.22. The van der Waals surface area contributed by atoms with Crippen molar-refractivity contribution in [1.29, 1.82) is 0 Å². The minimum absolute atomic E-state index is 0.587. The minimum atomic E-state index is 0.587. The van der Waals surface area contributed by atoms with E-state index in [0.29, 0.717) is 5.95 Å². The second-order valence-electron chi connectivity index (χ2n) is 3.57. The third-order valence-electron chi connectivity index (χ3n) is 2.31. The average Bonchev–Trinajstić information content (AvgIpc) is 2.60. The summed E-state index contributed by atoms with van der Waals surface area (Å²) in [5.74, 6) is 5.88. The molecule has 4 N–H and O–H groups in total. The molecule has 0 unspecified atom stereocenters. The van der Waals surface area contributed by atoms with Gasteiger partial charge in [0, 0.05) is 11.3 Å². The fraction of sp³-hybridized carbons (Fsp3) is 0.182. The Bertz CT molecular complexity index is 473. The third-order valence-corrected chi connectivity index (χ3v) is 2.31. The lowest BCUT2D eigenvalue weighted by Gasteiger charge is -1.99. The van der Waals surface area contributed by atoms with Gasteiger partial charge in [0.25, 0.3) is 0 Å². The highest BCUT2D eigenvalue weighted by Gasteiger charge is 2.07. The zero-order valence-corrected chi connectivity index (χ0v) is 8.83. The number of aryl methyl sites for hydroxylation is 2. The molecule has 0 amide bonds. The van der Waals surface area contributed by atoms with Crippen LogP contribution in [0.1, 0.15) is 11.3 Å². The Morgan fingerprint density at radius 3 is 2.73 bits per heavy atom. The van der Waals surface area contributed by atoms with E-state index in [1.807, 2.05) is 19.1 Å². The molecule has 1 aromatic heterocycles. The van der Waals surface area contributed by atoms with E-state index in [2.05, 4.69) is 34.5 Å². The maximum absolute atomic E-state index is 5.30. The van der Waals surface area contributed by atoms with E-state index in [9.17, 15) is 0 Å². The van der Waals surface area contributed by atoms with Gasteiger partial charge in [-0.25, -0.2) is 10.8 Å². The zero-order chi connectivity index (χ0) is 10.8. The zero-order valence-electron chi connectivity index (χ0n) is 8.83. The highest BCUT2D eigenvalue weighted by Crippen LogP contribution is 2.22. The van der Waals surface area contributed by atoms with Crippen LogP contribution in [-0.4, -0.2) is 9.97 Å². The van der Waals surface area contributed by atoms with Crippen LogP contribution in [0.25, 0.3) is 11.3 Å². The summed E-state index contributed by atoms with van der Waals surface area (Å²) in [7, 11) is 0. The molecule has 4 nitrogen and oxygen atoms in total. The van der Waals surface area contributed by atoms with Crippen molar-refractivity contribution in [3.63, 3.8) is 0 Å². The molecule has 78 valence electrons. The van der Waals surface area contributed by atoms with Gasteiger partial charge in [-0.15, -0.1) is 0 Å². The summed E-state index contributed by atoms with van der Waals surface area (Å²) in [5, 5.41) is 0. The summed E-state index contributed by atoms with van der Waals surface area (Å²) < 4.78 is 0. The summed E-state index contributed by atoms with van der Waals surface area (Å²) in [6.45, 7) is 4.04. The predicted molar refractivity (Wildman–Crippen MR) is 61.3 cm³/mol. The van der Waals surface area contributed by atoms with Crippen molar-refractivity contribution in [1.82, 2.24) is 9.97 Å². The van der Waals surface area contributed by atoms with Crippen LogP contribution in [0.15, 0.2) is 24.3 Å². The monoisotopic (exact) mass is 202 g/mol. The first-order valence-corrected chi connectivity index (χ1v) is 4.81. The first-order valence-electron chi connectivity index (χ1n) is 4.81. The van der Waals surface area contributed by atoms with Gasteiger partial charge in [0.2, 0.25) is 5.95 Å². The van der Waals surface area contributed by atoms with Crippen molar-refractivity contribution in [2.24, 2.45) is 5.84 Å². The molecule has 0 saturated heterocycles. The molecule has 0 spiro atoms. The molecule has 1 aromatic carbocycles. The van der Waals surface area contributed by atoms with Gasteiger partial charge >= 0.3 is 0 Å². The second kappa shape index (κ2) is 3.74. The van der Waals surface area contributed by atoms with Crippen LogP contribution in [0.3, 0.4) is 0 Å². The summed E-state index contributed by atoms with van der Waals surface area (Å²) in [6.07, 6.45) is 0. The molecule has 0 atom stereocenters. The molecular formula is C11H14N4. The van der Waals surface area contributed by atoms with Gasteiger partial charge in [-0.1, -0.05) is 23.8 Å². The molecule has 0 aliphatic heterocycles. The normalized spacial score (nSPS) is 10.3. The number of nitrogens with two attached hydrogens (primary N) is 1. The molecule has 15 heavy (non-hydrogen) atoms. The average molecular weight is 202 g/mol. The summed E-state index contributed by atoms with van der Waals surface area (Å²) in [5.41, 5.74) is 6.77. The van der Waals surface area contributed by atoms with Gasteiger partial charge < -0.3 is 4.98 Å². The molecule has 0 aliphatic carbocycles. The molecule has 0 saturated carbocycles. The standard InChI is InChI=1S/C11H14N4/c1-7-4-3-5-9(6-7)10-8(2)13-11(14-10)15-12/h3-6H,12H2,1-2H3,(H2,13,14,15). The number of nitrogens with zero attached hydrogens (tertiary/aromatic N) is 1. The van der Waals surface area contributed by atoms with Gasteiger partial charge in [0.1, 0.15) is 0 Å². The van der Waals surface area contributed by atoms with E-state index in [0.717, 1.165) is 17.0 Å². The maximum atomic E-state index is 5.30. The Labute approximate surface area is 88.5 Å². The van der Waals surface area contributed by atoms with Gasteiger partial charge in [-0.2, -0.15) is 0 Å². The number of rotatable bonds is 2. The predicted octanol–water partition coefficient (Wildman–Crippen LogP) is 1.98. The van der Waals surface area contributed by atoms with Crippen LogP contribution >= 0.6 is 0 Å². The molecule has 0 aliphatic rings. The Balaban J connectivity index is 2.48. The van der Waals surface area contributed by atoms with Crippen LogP contribution < -0.4 is 11.3 Å². The third kappa shape index (κ3) is 1.85. The van der Waals surface area contributed by atoms with E-state index in [1.54, 1.807) is 0 Å². The number of anilines is 1. The van der Waals surface area contributed by atoms with Gasteiger partial charge in [0.05, 0.1) is 5.69 Å². The molecule has 1 heterocycles. The number of nitrogen functional groups attached to an aromatic ring is 1.